The highest BCUT2D eigenvalue weighted by Gasteiger charge is 2.60. The van der Waals surface area contributed by atoms with Gasteiger partial charge in [0, 0.05) is 18.5 Å². The van der Waals surface area contributed by atoms with E-state index in [1.807, 2.05) is 0 Å². The van der Waals surface area contributed by atoms with E-state index in [-0.39, 0.29) is 10.9 Å². The molecule has 0 N–H and O–H groups in total. The van der Waals surface area contributed by atoms with Gasteiger partial charge in [0.1, 0.15) is 5.02 Å². The van der Waals surface area contributed by atoms with Crippen molar-refractivity contribution in [3.8, 4) is 0 Å². The summed E-state index contributed by atoms with van der Waals surface area (Å²) in [4.78, 5) is 10.4. The molecule has 3 heterocycles. The lowest BCUT2D eigenvalue weighted by Crippen LogP contribution is -2.40. The lowest BCUT2D eigenvalue weighted by Gasteiger charge is -2.31. The minimum Gasteiger partial charge on any atom is -0.373 e. The van der Waals surface area contributed by atoms with Crippen LogP contribution in [0.2, 0.25) is 10.3 Å². The molecule has 0 aromatic carbocycles. The van der Waals surface area contributed by atoms with Crippen LogP contribution in [0.25, 0.3) is 0 Å². The van der Waals surface area contributed by atoms with Crippen LogP contribution in [0, 0.1) is 5.92 Å². The van der Waals surface area contributed by atoms with Crippen molar-refractivity contribution < 1.29 is 4.74 Å². The van der Waals surface area contributed by atoms with Crippen LogP contribution in [0.1, 0.15) is 12.8 Å². The van der Waals surface area contributed by atoms with Gasteiger partial charge in [-0.2, -0.15) is 4.98 Å². The number of anilines is 1. The molecule has 0 radical (unpaired) electrons. The Morgan fingerprint density at radius 1 is 1.41 bits per heavy atom. The van der Waals surface area contributed by atoms with Gasteiger partial charge in [-0.05, 0) is 24.4 Å². The van der Waals surface area contributed by atoms with Crippen LogP contribution in [-0.2, 0) is 4.74 Å². The van der Waals surface area contributed by atoms with E-state index in [1.165, 1.54) is 6.42 Å². The van der Waals surface area contributed by atoms with Crippen molar-refractivity contribution in [3.05, 3.63) is 16.5 Å². The molecular weight excluding hydrogens is 261 g/mol. The molecule has 0 amide bonds. The molecule has 1 saturated carbocycles. The average molecular weight is 272 g/mol. The number of nitrogens with zero attached hydrogens (tertiary/aromatic N) is 3. The molecule has 2 aliphatic heterocycles. The second-order valence-electron chi connectivity index (χ2n) is 5.17. The summed E-state index contributed by atoms with van der Waals surface area (Å²) in [7, 11) is 0. The second-order valence-corrected chi connectivity index (χ2v) is 5.91. The maximum Gasteiger partial charge on any atom is 0.224 e. The van der Waals surface area contributed by atoms with Gasteiger partial charge in [-0.15, -0.1) is 0 Å². The zero-order chi connectivity index (χ0) is 11.6. The Morgan fingerprint density at radius 2 is 2.29 bits per heavy atom. The molecule has 3 fully saturated rings. The van der Waals surface area contributed by atoms with Crippen molar-refractivity contribution in [3.63, 3.8) is 0 Å². The third-order valence-electron chi connectivity index (χ3n) is 4.19. The normalized spacial score (nSPS) is 38.1. The zero-order valence-corrected chi connectivity index (χ0v) is 10.6. The van der Waals surface area contributed by atoms with Crippen LogP contribution >= 0.6 is 23.2 Å². The molecule has 90 valence electrons. The first kappa shape index (κ1) is 10.4. The van der Waals surface area contributed by atoms with E-state index in [2.05, 4.69) is 14.9 Å². The van der Waals surface area contributed by atoms with Crippen LogP contribution in [-0.4, -0.2) is 34.8 Å². The van der Waals surface area contributed by atoms with Crippen molar-refractivity contribution in [1.82, 2.24) is 9.97 Å². The summed E-state index contributed by atoms with van der Waals surface area (Å²) in [5, 5.41) is 0.815. The number of hydrogen-bond donors (Lipinski definition) is 0. The Hall–Kier alpha value is -0.580. The summed E-state index contributed by atoms with van der Waals surface area (Å²) in [5.74, 6) is 1.38. The van der Waals surface area contributed by atoms with Gasteiger partial charge in [0.25, 0.3) is 0 Å². The average Bonchev–Trinajstić information content (AvgIpc) is 2.96. The van der Waals surface area contributed by atoms with Crippen molar-refractivity contribution in [2.24, 2.45) is 5.92 Å². The van der Waals surface area contributed by atoms with E-state index >= 15 is 0 Å². The van der Waals surface area contributed by atoms with Crippen molar-refractivity contribution in [2.75, 3.05) is 18.1 Å². The minimum absolute atomic E-state index is 0.0517. The standard InChI is InChI=1S/C11H11Cl2N3O/c12-7-3-14-10(13)15-9(7)16-5-11-1-6(4-17-11)8(16)2-11/h3,6,8H,1-2,4-5H2/t6-,8+,11?/m1/s1. The molecule has 1 aliphatic carbocycles. The Balaban J connectivity index is 1.75. The molecule has 17 heavy (non-hydrogen) atoms. The van der Waals surface area contributed by atoms with E-state index in [1.54, 1.807) is 6.20 Å². The summed E-state index contributed by atoms with van der Waals surface area (Å²) < 4.78 is 5.89. The van der Waals surface area contributed by atoms with E-state index < -0.39 is 0 Å². The van der Waals surface area contributed by atoms with Gasteiger partial charge in [-0.3, -0.25) is 0 Å². The Kier molecular flexibility index (Phi) is 1.98. The fourth-order valence-corrected chi connectivity index (χ4v) is 3.88. The Bertz CT molecular complexity index is 498. The highest BCUT2D eigenvalue weighted by molar-refractivity contribution is 6.33. The first-order valence-electron chi connectivity index (χ1n) is 5.76. The highest BCUT2D eigenvalue weighted by atomic mass is 35.5. The van der Waals surface area contributed by atoms with Gasteiger partial charge >= 0.3 is 0 Å². The van der Waals surface area contributed by atoms with Crippen molar-refractivity contribution in [2.45, 2.75) is 24.5 Å². The molecule has 6 heteroatoms. The van der Waals surface area contributed by atoms with E-state index in [0.29, 0.717) is 17.0 Å². The largest absolute Gasteiger partial charge is 0.373 e. The van der Waals surface area contributed by atoms with Gasteiger partial charge in [-0.25, -0.2) is 4.98 Å². The lowest BCUT2D eigenvalue weighted by atomic mass is 10.0. The first-order valence-corrected chi connectivity index (χ1v) is 6.51. The van der Waals surface area contributed by atoms with Crippen LogP contribution in [0.5, 0.6) is 0 Å². The maximum absolute atomic E-state index is 6.16. The molecule has 1 spiro atoms. The number of halogens is 2. The van der Waals surface area contributed by atoms with E-state index in [0.717, 1.165) is 25.4 Å². The second kappa shape index (κ2) is 3.25. The summed E-state index contributed by atoms with van der Waals surface area (Å²) in [6.45, 7) is 1.75. The Labute approximate surface area is 109 Å². The van der Waals surface area contributed by atoms with E-state index in [4.69, 9.17) is 27.9 Å². The van der Waals surface area contributed by atoms with Gasteiger partial charge in [0.05, 0.1) is 18.4 Å². The molecule has 4 nitrogen and oxygen atoms in total. The SMILES string of the molecule is Clc1ncc(Cl)c(N2CC34C[C@H](CO3)[C@@H]2C4)n1. The molecule has 1 unspecified atom stereocenters. The van der Waals surface area contributed by atoms with Crippen LogP contribution < -0.4 is 4.90 Å². The summed E-state index contributed by atoms with van der Waals surface area (Å²) in [6.07, 6.45) is 3.85. The predicted molar refractivity (Wildman–Crippen MR) is 64.6 cm³/mol. The molecule has 3 aliphatic rings. The highest BCUT2D eigenvalue weighted by Crippen LogP contribution is 2.53. The van der Waals surface area contributed by atoms with Gasteiger partial charge in [0.15, 0.2) is 5.82 Å². The molecule has 4 rings (SSSR count). The number of hydrogen-bond acceptors (Lipinski definition) is 4. The summed E-state index contributed by atoms with van der Waals surface area (Å²) >= 11 is 12.0. The van der Waals surface area contributed by atoms with Crippen LogP contribution in [0.15, 0.2) is 6.20 Å². The van der Waals surface area contributed by atoms with Crippen LogP contribution in [0.3, 0.4) is 0 Å². The zero-order valence-electron chi connectivity index (χ0n) is 9.07. The molecule has 2 saturated heterocycles. The fourth-order valence-electron chi connectivity index (χ4n) is 3.55. The monoisotopic (exact) mass is 271 g/mol. The number of piperidine rings is 1. The molecule has 1 aromatic rings. The predicted octanol–water partition coefficient (Wildman–Crippen LogP) is 2.15. The van der Waals surface area contributed by atoms with Crippen LogP contribution in [0.4, 0.5) is 5.82 Å². The topological polar surface area (TPSA) is 38.2 Å². The third-order valence-corrected chi connectivity index (χ3v) is 4.64. The fraction of sp³-hybridized carbons (Fsp3) is 0.636. The quantitative estimate of drug-likeness (QED) is 0.734. The number of ether oxygens (including phenoxy) is 1. The molecule has 3 atom stereocenters. The van der Waals surface area contributed by atoms with E-state index in [9.17, 15) is 0 Å². The molecule has 1 aromatic heterocycles. The van der Waals surface area contributed by atoms with Gasteiger partial charge in [0.2, 0.25) is 5.28 Å². The Morgan fingerprint density at radius 3 is 3.06 bits per heavy atom. The third kappa shape index (κ3) is 1.35. The maximum atomic E-state index is 6.16. The summed E-state index contributed by atoms with van der Waals surface area (Å²) in [6, 6.07) is 0.507. The van der Waals surface area contributed by atoms with Crippen molar-refractivity contribution in [1.29, 1.82) is 0 Å². The smallest absolute Gasteiger partial charge is 0.224 e. The van der Waals surface area contributed by atoms with Crippen molar-refractivity contribution >= 4 is 29.0 Å². The first-order chi connectivity index (χ1) is 8.17. The molecular formula is C11H11Cl2N3O. The lowest BCUT2D eigenvalue weighted by molar-refractivity contribution is 0.0101. The summed E-state index contributed by atoms with van der Waals surface area (Å²) in [5.41, 5.74) is 0.0517. The van der Waals surface area contributed by atoms with Gasteiger partial charge in [-0.1, -0.05) is 11.6 Å². The number of fused-ring (bicyclic) bond motifs is 3. The minimum atomic E-state index is 0.0517. The molecule has 3 bridgehead atoms. The number of rotatable bonds is 1. The number of aromatic nitrogens is 2. The van der Waals surface area contributed by atoms with Gasteiger partial charge < -0.3 is 9.64 Å².